The van der Waals surface area contributed by atoms with Crippen LogP contribution in [-0.2, 0) is 6.42 Å². The van der Waals surface area contributed by atoms with Gasteiger partial charge in [-0.15, -0.1) is 0 Å². The van der Waals surface area contributed by atoms with Crippen molar-refractivity contribution in [2.24, 2.45) is 0 Å². The van der Waals surface area contributed by atoms with Crippen molar-refractivity contribution in [2.75, 3.05) is 4.90 Å². The normalized spacial score (nSPS) is 13.6. The second-order valence-electron chi connectivity index (χ2n) is 7.05. The van der Waals surface area contributed by atoms with Crippen molar-refractivity contribution in [1.82, 2.24) is 0 Å². The number of fused-ring (bicyclic) bond motifs is 5. The predicted octanol–water partition coefficient (Wildman–Crippen LogP) is 7.19. The van der Waals surface area contributed by atoms with Crippen molar-refractivity contribution < 1.29 is 0 Å². The highest BCUT2D eigenvalue weighted by Gasteiger charge is 2.26. The summed E-state index contributed by atoms with van der Waals surface area (Å²) in [5.41, 5.74) is 9.34. The molecule has 0 saturated carbocycles. The lowest BCUT2D eigenvalue weighted by atomic mass is 10.0. The van der Waals surface area contributed by atoms with Crippen LogP contribution in [-0.4, -0.2) is 0 Å². The smallest absolute Gasteiger partial charge is 0.0601 e. The Kier molecular flexibility index (Phi) is 3.23. The summed E-state index contributed by atoms with van der Waals surface area (Å²) in [4.78, 5) is 5.01. The maximum absolute atomic E-state index is 2.41. The second-order valence-corrected chi connectivity index (χ2v) is 8.13. The van der Waals surface area contributed by atoms with Crippen LogP contribution in [0.5, 0.6) is 0 Å². The topological polar surface area (TPSA) is 3.24 Å². The molecule has 6 rings (SSSR count). The molecule has 2 heteroatoms. The molecule has 0 radical (unpaired) electrons. The van der Waals surface area contributed by atoms with Gasteiger partial charge in [-0.2, -0.15) is 0 Å². The van der Waals surface area contributed by atoms with Crippen LogP contribution in [0.15, 0.2) is 101 Å². The third kappa shape index (κ3) is 2.27. The number of rotatable bonds is 1. The Hall–Kier alpha value is -2.97. The van der Waals surface area contributed by atoms with E-state index in [-0.39, 0.29) is 0 Å². The summed E-state index contributed by atoms with van der Waals surface area (Å²) in [6.07, 6.45) is 1.04. The average molecular weight is 363 g/mol. The number of anilines is 3. The van der Waals surface area contributed by atoms with Gasteiger partial charge < -0.3 is 4.90 Å². The van der Waals surface area contributed by atoms with E-state index >= 15 is 0 Å². The fourth-order valence-electron chi connectivity index (χ4n) is 4.23. The van der Waals surface area contributed by atoms with Crippen LogP contribution in [0.3, 0.4) is 0 Å². The molecule has 4 aromatic carbocycles. The number of benzene rings is 4. The van der Waals surface area contributed by atoms with E-state index in [9.17, 15) is 0 Å². The summed E-state index contributed by atoms with van der Waals surface area (Å²) in [6, 6.07) is 33.1. The molecule has 4 aromatic rings. The lowest BCUT2D eigenvalue weighted by Crippen LogP contribution is -2.14. The quantitative estimate of drug-likeness (QED) is 0.304. The molecule has 1 heterocycles. The van der Waals surface area contributed by atoms with E-state index in [1.165, 1.54) is 49.1 Å². The van der Waals surface area contributed by atoms with Crippen LogP contribution in [0.4, 0.5) is 17.1 Å². The Bertz CT molecular complexity index is 1150. The molecular weight excluding hydrogens is 346 g/mol. The lowest BCUT2D eigenvalue weighted by molar-refractivity contribution is 1.16. The number of para-hydroxylation sites is 2. The van der Waals surface area contributed by atoms with Crippen LogP contribution in [0.25, 0.3) is 11.1 Å². The Labute approximate surface area is 163 Å². The fourth-order valence-corrected chi connectivity index (χ4v) is 5.29. The maximum Gasteiger partial charge on any atom is 0.0601 e. The molecule has 0 bridgehead atoms. The molecule has 0 amide bonds. The highest BCUT2D eigenvalue weighted by atomic mass is 32.2. The maximum atomic E-state index is 2.41. The first-order valence-corrected chi connectivity index (χ1v) is 10.1. The van der Waals surface area contributed by atoms with Crippen molar-refractivity contribution in [2.45, 2.75) is 16.2 Å². The minimum Gasteiger partial charge on any atom is -0.308 e. The van der Waals surface area contributed by atoms with E-state index in [0.717, 1.165) is 6.42 Å². The third-order valence-electron chi connectivity index (χ3n) is 5.47. The minimum atomic E-state index is 1.04. The highest BCUT2D eigenvalue weighted by molar-refractivity contribution is 7.99. The van der Waals surface area contributed by atoms with E-state index in [1.807, 2.05) is 11.8 Å². The minimum absolute atomic E-state index is 1.04. The Morgan fingerprint density at radius 1 is 0.593 bits per heavy atom. The van der Waals surface area contributed by atoms with Gasteiger partial charge in [0.05, 0.1) is 11.4 Å². The first kappa shape index (κ1) is 15.1. The van der Waals surface area contributed by atoms with Gasteiger partial charge in [-0.05, 0) is 65.1 Å². The van der Waals surface area contributed by atoms with Gasteiger partial charge in [0.2, 0.25) is 0 Å². The predicted molar refractivity (Wildman–Crippen MR) is 113 cm³/mol. The molecule has 0 aromatic heterocycles. The second kappa shape index (κ2) is 5.77. The summed E-state index contributed by atoms with van der Waals surface area (Å²) >= 11 is 1.85. The van der Waals surface area contributed by atoms with E-state index in [4.69, 9.17) is 0 Å². The van der Waals surface area contributed by atoms with Gasteiger partial charge >= 0.3 is 0 Å². The van der Waals surface area contributed by atoms with Gasteiger partial charge in [-0.3, -0.25) is 0 Å². The van der Waals surface area contributed by atoms with Gasteiger partial charge in [-0.1, -0.05) is 66.4 Å². The first-order chi connectivity index (χ1) is 13.4. The van der Waals surface area contributed by atoms with Gasteiger partial charge in [0.25, 0.3) is 0 Å². The molecular formula is C25H17NS. The van der Waals surface area contributed by atoms with Gasteiger partial charge in [0.1, 0.15) is 0 Å². The number of hydrogen-bond donors (Lipinski definition) is 0. The zero-order valence-corrected chi connectivity index (χ0v) is 15.5. The molecule has 1 aliphatic heterocycles. The van der Waals surface area contributed by atoms with Crippen LogP contribution < -0.4 is 4.90 Å². The van der Waals surface area contributed by atoms with E-state index in [0.29, 0.717) is 0 Å². The third-order valence-corrected chi connectivity index (χ3v) is 6.60. The summed E-state index contributed by atoms with van der Waals surface area (Å²) < 4.78 is 0. The molecule has 0 atom stereocenters. The summed E-state index contributed by atoms with van der Waals surface area (Å²) in [7, 11) is 0. The number of nitrogens with zero attached hydrogens (tertiary/aromatic N) is 1. The Morgan fingerprint density at radius 3 is 2.00 bits per heavy atom. The van der Waals surface area contributed by atoms with Crippen LogP contribution in [0.2, 0.25) is 0 Å². The summed E-state index contributed by atoms with van der Waals surface area (Å²) in [6.45, 7) is 0. The van der Waals surface area contributed by atoms with Crippen molar-refractivity contribution in [1.29, 1.82) is 0 Å². The SMILES string of the molecule is c1ccc2c(c1)Cc1ccc(N3c4ccccc4Sc4ccccc43)cc1-2. The van der Waals surface area contributed by atoms with Gasteiger partial charge in [0, 0.05) is 15.5 Å². The van der Waals surface area contributed by atoms with Crippen LogP contribution in [0, 0.1) is 0 Å². The standard InChI is InChI=1S/C25H17NS/c1-2-8-20-17(7-1)15-18-13-14-19(16-21(18)20)26-22-9-3-5-11-24(22)27-25-12-6-4-10-23(25)26/h1-14,16H,15H2. The first-order valence-electron chi connectivity index (χ1n) is 9.26. The molecule has 2 aliphatic rings. The van der Waals surface area contributed by atoms with Gasteiger partial charge in [0.15, 0.2) is 0 Å². The van der Waals surface area contributed by atoms with Crippen molar-refractivity contribution in [3.05, 3.63) is 102 Å². The van der Waals surface area contributed by atoms with Crippen LogP contribution >= 0.6 is 11.8 Å². The number of hydrogen-bond acceptors (Lipinski definition) is 2. The zero-order chi connectivity index (χ0) is 17.8. The molecule has 0 spiro atoms. The Balaban J connectivity index is 1.57. The van der Waals surface area contributed by atoms with Gasteiger partial charge in [-0.25, -0.2) is 0 Å². The van der Waals surface area contributed by atoms with Crippen molar-refractivity contribution >= 4 is 28.8 Å². The van der Waals surface area contributed by atoms with Crippen LogP contribution in [0.1, 0.15) is 11.1 Å². The molecule has 0 unspecified atom stereocenters. The van der Waals surface area contributed by atoms with Crippen molar-refractivity contribution in [3.63, 3.8) is 0 Å². The summed E-state index contributed by atoms with van der Waals surface area (Å²) in [5, 5.41) is 0. The van der Waals surface area contributed by atoms with E-state index in [1.54, 1.807) is 0 Å². The lowest BCUT2D eigenvalue weighted by Gasteiger charge is -2.33. The van der Waals surface area contributed by atoms with E-state index < -0.39 is 0 Å². The summed E-state index contributed by atoms with van der Waals surface area (Å²) in [5.74, 6) is 0. The average Bonchev–Trinajstić information content (AvgIpc) is 3.10. The fraction of sp³-hybridized carbons (Fsp3) is 0.0400. The molecule has 1 aliphatic carbocycles. The Morgan fingerprint density at radius 2 is 1.22 bits per heavy atom. The molecule has 0 N–H and O–H groups in total. The highest BCUT2D eigenvalue weighted by Crippen LogP contribution is 2.52. The molecule has 128 valence electrons. The molecule has 27 heavy (non-hydrogen) atoms. The molecule has 0 saturated heterocycles. The largest absolute Gasteiger partial charge is 0.308 e. The van der Waals surface area contributed by atoms with Crippen molar-refractivity contribution in [3.8, 4) is 11.1 Å². The van der Waals surface area contributed by atoms with E-state index in [2.05, 4.69) is 95.9 Å². The molecule has 1 nitrogen and oxygen atoms in total. The molecule has 0 fully saturated rings. The zero-order valence-electron chi connectivity index (χ0n) is 14.7. The monoisotopic (exact) mass is 363 g/mol.